The second kappa shape index (κ2) is 7.57. The SMILES string of the molecule is C=C/C=C(Cl)\C=C(\F)CN1CC2CC2(C#CC2=CC=CC=NS2)C1. The molecule has 0 N–H and O–H groups in total. The molecule has 0 spiro atoms. The van der Waals surface area contributed by atoms with Crippen LogP contribution in [0.4, 0.5) is 4.39 Å². The molecule has 0 radical (unpaired) electrons. The van der Waals surface area contributed by atoms with Crippen molar-refractivity contribution in [3.05, 3.63) is 58.8 Å². The van der Waals surface area contributed by atoms with Gasteiger partial charge < -0.3 is 0 Å². The normalized spacial score (nSPS) is 29.4. The predicted octanol–water partition coefficient (Wildman–Crippen LogP) is 4.65. The summed E-state index contributed by atoms with van der Waals surface area (Å²) < 4.78 is 18.2. The lowest BCUT2D eigenvalue weighted by molar-refractivity contribution is 0.298. The van der Waals surface area contributed by atoms with Crippen molar-refractivity contribution in [2.24, 2.45) is 15.7 Å². The zero-order chi connectivity index (χ0) is 17.0. The van der Waals surface area contributed by atoms with Gasteiger partial charge in [-0.15, -0.1) is 0 Å². The van der Waals surface area contributed by atoms with E-state index in [4.69, 9.17) is 11.6 Å². The number of hydrogen-bond donors (Lipinski definition) is 0. The summed E-state index contributed by atoms with van der Waals surface area (Å²) in [4.78, 5) is 3.06. The second-order valence-electron chi connectivity index (χ2n) is 6.12. The average molecular weight is 361 g/mol. The fraction of sp³-hybridized carbons (Fsp3) is 0.316. The van der Waals surface area contributed by atoms with Gasteiger partial charge in [0.2, 0.25) is 0 Å². The number of piperidine rings is 1. The van der Waals surface area contributed by atoms with Gasteiger partial charge in [-0.25, -0.2) is 8.79 Å². The number of allylic oxidation sites excluding steroid dienone is 8. The molecular weight excluding hydrogens is 343 g/mol. The number of halogens is 2. The van der Waals surface area contributed by atoms with Crippen molar-refractivity contribution in [3.63, 3.8) is 0 Å². The topological polar surface area (TPSA) is 15.6 Å². The van der Waals surface area contributed by atoms with E-state index in [2.05, 4.69) is 27.7 Å². The van der Waals surface area contributed by atoms with Gasteiger partial charge in [-0.3, -0.25) is 4.90 Å². The Balaban J connectivity index is 1.59. The Hall–Kier alpha value is -1.54. The van der Waals surface area contributed by atoms with Crippen LogP contribution in [0.1, 0.15) is 6.42 Å². The van der Waals surface area contributed by atoms with Crippen molar-refractivity contribution >= 4 is 29.8 Å². The standard InChI is InChI=1S/C19H18ClFN2S/c1-2-5-16(20)10-17(21)13-23-12-15-11-19(15,14-23)8-7-18-6-3-4-9-22-24-18/h2-6,9-10,15H,1,11-14H2/b16-5+,17-10+. The fourth-order valence-electron chi connectivity index (χ4n) is 3.07. The molecular formula is C19H18ClFN2S. The number of hydrogen-bond acceptors (Lipinski definition) is 3. The van der Waals surface area contributed by atoms with E-state index < -0.39 is 0 Å². The van der Waals surface area contributed by atoms with Gasteiger partial charge >= 0.3 is 0 Å². The highest BCUT2D eigenvalue weighted by Crippen LogP contribution is 2.57. The van der Waals surface area contributed by atoms with Crippen molar-refractivity contribution in [3.8, 4) is 11.8 Å². The molecule has 2 heterocycles. The minimum absolute atomic E-state index is 0.0299. The molecule has 124 valence electrons. The Kier molecular flexibility index (Phi) is 5.45. The number of nitrogens with zero attached hydrogens (tertiary/aromatic N) is 2. The van der Waals surface area contributed by atoms with Crippen molar-refractivity contribution in [1.82, 2.24) is 4.90 Å². The van der Waals surface area contributed by atoms with Crippen LogP contribution in [0, 0.1) is 23.2 Å². The third-order valence-electron chi connectivity index (χ3n) is 4.25. The van der Waals surface area contributed by atoms with Gasteiger partial charge in [-0.2, -0.15) is 0 Å². The molecule has 2 unspecified atom stereocenters. The summed E-state index contributed by atoms with van der Waals surface area (Å²) in [5.41, 5.74) is 0.0299. The molecule has 0 aromatic rings. The van der Waals surface area contributed by atoms with Crippen molar-refractivity contribution in [2.75, 3.05) is 19.6 Å². The Morgan fingerprint density at radius 1 is 1.58 bits per heavy atom. The van der Waals surface area contributed by atoms with Crippen LogP contribution >= 0.6 is 23.5 Å². The lowest BCUT2D eigenvalue weighted by Gasteiger charge is -2.17. The minimum Gasteiger partial charge on any atom is -0.295 e. The molecule has 1 saturated heterocycles. The van der Waals surface area contributed by atoms with Gasteiger partial charge in [0.25, 0.3) is 0 Å². The van der Waals surface area contributed by atoms with E-state index in [1.165, 1.54) is 18.0 Å². The first-order chi connectivity index (χ1) is 11.6. The minimum atomic E-state index is -0.232. The molecule has 2 fully saturated rings. The van der Waals surface area contributed by atoms with Crippen LogP contribution < -0.4 is 0 Å². The van der Waals surface area contributed by atoms with E-state index in [1.54, 1.807) is 18.4 Å². The molecule has 1 aliphatic carbocycles. The predicted molar refractivity (Wildman–Crippen MR) is 101 cm³/mol. The highest BCUT2D eigenvalue weighted by Gasteiger charge is 2.59. The van der Waals surface area contributed by atoms with Crippen LogP contribution in [0.15, 0.2) is 63.2 Å². The summed E-state index contributed by atoms with van der Waals surface area (Å²) in [5, 5.41) is 0.354. The summed E-state index contributed by atoms with van der Waals surface area (Å²) in [5.74, 6) is 6.97. The van der Waals surface area contributed by atoms with Crippen LogP contribution in [-0.4, -0.2) is 30.7 Å². The number of rotatable bonds is 4. The van der Waals surface area contributed by atoms with E-state index in [1.807, 2.05) is 18.2 Å². The third-order valence-corrected chi connectivity index (χ3v) is 5.15. The first kappa shape index (κ1) is 17.3. The van der Waals surface area contributed by atoms with Crippen LogP contribution in [0.3, 0.4) is 0 Å². The van der Waals surface area contributed by atoms with Gasteiger partial charge in [-0.05, 0) is 36.6 Å². The highest BCUT2D eigenvalue weighted by atomic mass is 35.5. The zero-order valence-electron chi connectivity index (χ0n) is 13.2. The first-order valence-electron chi connectivity index (χ1n) is 7.78. The molecule has 0 amide bonds. The molecule has 24 heavy (non-hydrogen) atoms. The van der Waals surface area contributed by atoms with Gasteiger partial charge in [0.05, 0.1) is 11.4 Å². The number of likely N-dealkylation sites (tertiary alicyclic amines) is 1. The van der Waals surface area contributed by atoms with Gasteiger partial charge in [0, 0.05) is 41.7 Å². The first-order valence-corrected chi connectivity index (χ1v) is 8.94. The maximum atomic E-state index is 14.0. The molecule has 2 nitrogen and oxygen atoms in total. The Morgan fingerprint density at radius 3 is 3.29 bits per heavy atom. The van der Waals surface area contributed by atoms with E-state index in [0.29, 0.717) is 11.0 Å². The van der Waals surface area contributed by atoms with Crippen molar-refractivity contribution in [1.29, 1.82) is 0 Å². The van der Waals surface area contributed by atoms with Crippen molar-refractivity contribution in [2.45, 2.75) is 6.42 Å². The highest BCUT2D eigenvalue weighted by molar-refractivity contribution is 8.02. The lowest BCUT2D eigenvalue weighted by Crippen LogP contribution is -2.26. The molecule has 2 aliphatic heterocycles. The Morgan fingerprint density at radius 2 is 2.46 bits per heavy atom. The van der Waals surface area contributed by atoms with Crippen LogP contribution in [0.25, 0.3) is 0 Å². The monoisotopic (exact) mass is 360 g/mol. The second-order valence-corrected chi connectivity index (χ2v) is 7.39. The maximum Gasteiger partial charge on any atom is 0.115 e. The zero-order valence-corrected chi connectivity index (χ0v) is 14.8. The molecule has 1 saturated carbocycles. The average Bonchev–Trinajstić information content (AvgIpc) is 3.18. The van der Waals surface area contributed by atoms with E-state index in [0.717, 1.165) is 24.4 Å². The Bertz CT molecular complexity index is 738. The molecule has 3 rings (SSSR count). The lowest BCUT2D eigenvalue weighted by atomic mass is 10.1. The fourth-order valence-corrected chi connectivity index (χ4v) is 3.76. The molecule has 2 atom stereocenters. The Labute approximate surface area is 151 Å². The van der Waals surface area contributed by atoms with E-state index in [-0.39, 0.29) is 17.8 Å². The molecule has 3 aliphatic rings. The van der Waals surface area contributed by atoms with Gasteiger partial charge in [0.1, 0.15) is 5.83 Å². The largest absolute Gasteiger partial charge is 0.295 e. The number of fused-ring (bicyclic) bond motifs is 1. The quantitative estimate of drug-likeness (QED) is 0.412. The summed E-state index contributed by atoms with van der Waals surface area (Å²) in [7, 11) is 0. The maximum absolute atomic E-state index is 14.0. The van der Waals surface area contributed by atoms with Crippen LogP contribution in [0.2, 0.25) is 0 Å². The smallest absolute Gasteiger partial charge is 0.115 e. The molecule has 0 aromatic carbocycles. The molecule has 0 bridgehead atoms. The molecule has 0 aromatic heterocycles. The van der Waals surface area contributed by atoms with Gasteiger partial charge in [-0.1, -0.05) is 42.2 Å². The van der Waals surface area contributed by atoms with E-state index in [9.17, 15) is 4.39 Å². The molecule has 5 heteroatoms. The third kappa shape index (κ3) is 4.30. The summed E-state index contributed by atoms with van der Waals surface area (Å²) in [6.45, 7) is 5.53. The van der Waals surface area contributed by atoms with Crippen molar-refractivity contribution < 1.29 is 4.39 Å². The summed E-state index contributed by atoms with van der Waals surface area (Å²) in [6.07, 6.45) is 13.1. The van der Waals surface area contributed by atoms with Crippen LogP contribution in [0.5, 0.6) is 0 Å². The van der Waals surface area contributed by atoms with E-state index >= 15 is 0 Å². The summed E-state index contributed by atoms with van der Waals surface area (Å²) in [6, 6.07) is 0. The van der Waals surface area contributed by atoms with Gasteiger partial charge in [0.15, 0.2) is 0 Å². The summed E-state index contributed by atoms with van der Waals surface area (Å²) >= 11 is 7.27. The van der Waals surface area contributed by atoms with Crippen LogP contribution in [-0.2, 0) is 0 Å².